The van der Waals surface area contributed by atoms with E-state index in [1.165, 1.54) is 25.0 Å². The van der Waals surface area contributed by atoms with Crippen molar-refractivity contribution in [1.29, 1.82) is 0 Å². The zero-order chi connectivity index (χ0) is 30.0. The number of aryl methyl sites for hydroxylation is 2. The van der Waals surface area contributed by atoms with Gasteiger partial charge in [0.15, 0.2) is 19.9 Å². The fourth-order valence-corrected chi connectivity index (χ4v) is 6.31. The van der Waals surface area contributed by atoms with Crippen molar-refractivity contribution in [3.8, 4) is 28.3 Å². The number of nitrogen functional groups attached to an aromatic ring is 1. The molecule has 2 bridgehead atoms. The monoisotopic (exact) mass is 589 g/mol. The van der Waals surface area contributed by atoms with Gasteiger partial charge in [0.2, 0.25) is 0 Å². The Morgan fingerprint density at radius 2 is 1.90 bits per heavy atom. The van der Waals surface area contributed by atoms with Gasteiger partial charge < -0.3 is 14.9 Å². The molecule has 1 fully saturated rings. The van der Waals surface area contributed by atoms with Gasteiger partial charge in [0.1, 0.15) is 17.6 Å². The van der Waals surface area contributed by atoms with Gasteiger partial charge in [0, 0.05) is 48.5 Å². The second-order valence-electron chi connectivity index (χ2n) is 13.2. The third-order valence-electron chi connectivity index (χ3n) is 8.95. The smallest absolute Gasteiger partial charge is 0.192 e. The first-order chi connectivity index (χ1) is 19.8. The number of hydrogen-bond donors (Lipinski definition) is 1. The number of rotatable bonds is 5. The van der Waals surface area contributed by atoms with Crippen LogP contribution in [-0.2, 0) is 24.4 Å². The van der Waals surface area contributed by atoms with Gasteiger partial charge in [-0.2, -0.15) is 20.1 Å². The maximum Gasteiger partial charge on any atom is 0.192 e. The second-order valence-corrected chi connectivity index (χ2v) is 18.0. The SMILES string of the molecule is Cc1nn(CC2CC2)c2c1Cc1nn(C)nc1-c1ccc(F)cc1C(CO[Si](C)(C)C(C)(C)C)Oc1cc-2cnc1N. The molecule has 2 aliphatic rings. The summed E-state index contributed by atoms with van der Waals surface area (Å²) in [4.78, 5) is 6.12. The molecule has 4 heterocycles. The van der Waals surface area contributed by atoms with Crippen LogP contribution in [0.5, 0.6) is 5.75 Å². The maximum absolute atomic E-state index is 15.0. The summed E-state index contributed by atoms with van der Waals surface area (Å²) in [6.07, 6.45) is 4.04. The zero-order valence-corrected chi connectivity index (χ0v) is 26.5. The molecule has 1 atom stereocenters. The van der Waals surface area contributed by atoms with E-state index < -0.39 is 14.4 Å². The lowest BCUT2D eigenvalue weighted by Crippen LogP contribution is -2.42. The molecule has 6 rings (SSSR count). The summed E-state index contributed by atoms with van der Waals surface area (Å²) in [7, 11) is -0.375. The molecule has 0 spiro atoms. The molecule has 0 saturated heterocycles. The summed E-state index contributed by atoms with van der Waals surface area (Å²) in [5, 5.41) is 14.5. The van der Waals surface area contributed by atoms with Crippen molar-refractivity contribution in [1.82, 2.24) is 29.8 Å². The molecule has 1 aliphatic carbocycles. The average molecular weight is 590 g/mol. The lowest BCUT2D eigenvalue weighted by atomic mass is 9.95. The number of nitrogens with zero attached hydrogens (tertiary/aromatic N) is 6. The summed E-state index contributed by atoms with van der Waals surface area (Å²) < 4.78 is 30.4. The van der Waals surface area contributed by atoms with Crippen LogP contribution in [0.15, 0.2) is 30.5 Å². The topological polar surface area (TPSA) is 106 Å². The number of fused-ring (bicyclic) bond motifs is 7. The third-order valence-corrected chi connectivity index (χ3v) is 13.4. The second kappa shape index (κ2) is 10.3. The molecule has 1 aliphatic heterocycles. The van der Waals surface area contributed by atoms with Crippen molar-refractivity contribution in [3.05, 3.63) is 58.8 Å². The van der Waals surface area contributed by atoms with E-state index in [-0.39, 0.29) is 23.3 Å². The van der Waals surface area contributed by atoms with Crippen LogP contribution >= 0.6 is 0 Å². The van der Waals surface area contributed by atoms with Gasteiger partial charge in [-0.1, -0.05) is 20.8 Å². The molecule has 11 heteroatoms. The van der Waals surface area contributed by atoms with Gasteiger partial charge in [-0.05, 0) is 68.1 Å². The standard InChI is InChI=1S/C31H40FN7O2Si/c1-18-23-14-25-28(37-38(5)36-25)22-11-10-21(32)13-24(22)27(17-40-42(6,7)31(2,3)4)41-26-12-20(15-34-30(26)33)29(23)39(35-18)16-19-8-9-19/h10-13,15,19,27H,8-9,14,16-17H2,1-7H3,(H2,33,34). The maximum atomic E-state index is 15.0. The summed E-state index contributed by atoms with van der Waals surface area (Å²) in [6, 6.07) is 6.66. The van der Waals surface area contributed by atoms with Gasteiger partial charge in [0.05, 0.1) is 23.7 Å². The molecule has 1 unspecified atom stereocenters. The summed E-state index contributed by atoms with van der Waals surface area (Å²) in [6.45, 7) is 14.0. The lowest BCUT2D eigenvalue weighted by molar-refractivity contribution is 0.121. The van der Waals surface area contributed by atoms with Crippen LogP contribution in [0, 0.1) is 18.7 Å². The van der Waals surface area contributed by atoms with Gasteiger partial charge in [-0.25, -0.2) is 9.37 Å². The highest BCUT2D eigenvalue weighted by Gasteiger charge is 2.39. The highest BCUT2D eigenvalue weighted by atomic mass is 28.4. The fraction of sp³-hybridized carbons (Fsp3) is 0.484. The van der Waals surface area contributed by atoms with E-state index in [4.69, 9.17) is 30.2 Å². The lowest BCUT2D eigenvalue weighted by Gasteiger charge is -2.37. The van der Waals surface area contributed by atoms with Crippen molar-refractivity contribution in [2.75, 3.05) is 12.3 Å². The number of benzene rings is 1. The Kier molecular flexibility index (Phi) is 7.00. The predicted molar refractivity (Wildman–Crippen MR) is 163 cm³/mol. The Morgan fingerprint density at radius 1 is 1.14 bits per heavy atom. The minimum atomic E-state index is -2.18. The molecule has 0 amide bonds. The molecule has 0 radical (unpaired) electrons. The van der Waals surface area contributed by atoms with Crippen LogP contribution in [0.2, 0.25) is 18.1 Å². The van der Waals surface area contributed by atoms with Gasteiger partial charge in [-0.3, -0.25) is 4.68 Å². The van der Waals surface area contributed by atoms with E-state index in [1.807, 2.05) is 13.0 Å². The van der Waals surface area contributed by atoms with E-state index in [0.29, 0.717) is 29.3 Å². The Labute approximate surface area is 247 Å². The largest absolute Gasteiger partial charge is 0.479 e. The zero-order valence-electron chi connectivity index (χ0n) is 25.5. The molecule has 2 N–H and O–H groups in total. The van der Waals surface area contributed by atoms with Crippen molar-refractivity contribution in [3.63, 3.8) is 0 Å². The molecule has 222 valence electrons. The van der Waals surface area contributed by atoms with E-state index in [0.717, 1.165) is 40.3 Å². The number of pyridine rings is 1. The van der Waals surface area contributed by atoms with Crippen LogP contribution in [0.4, 0.5) is 10.2 Å². The summed E-state index contributed by atoms with van der Waals surface area (Å²) in [5.74, 6) is 0.941. The van der Waals surface area contributed by atoms with E-state index >= 15 is 0 Å². The van der Waals surface area contributed by atoms with Crippen LogP contribution in [-0.4, -0.2) is 44.7 Å². The first-order valence-corrected chi connectivity index (χ1v) is 17.5. The molecular formula is C31H40FN7O2Si. The Balaban J connectivity index is 1.57. The van der Waals surface area contributed by atoms with Crippen LogP contribution in [0.25, 0.3) is 22.5 Å². The first-order valence-electron chi connectivity index (χ1n) is 14.6. The number of nitrogens with two attached hydrogens (primary N) is 1. The number of ether oxygens (including phenoxy) is 1. The van der Waals surface area contributed by atoms with Gasteiger partial charge in [-0.15, -0.1) is 0 Å². The van der Waals surface area contributed by atoms with Crippen LogP contribution < -0.4 is 10.5 Å². The third kappa shape index (κ3) is 5.35. The van der Waals surface area contributed by atoms with Crippen molar-refractivity contribution in [2.24, 2.45) is 13.0 Å². The molecule has 9 nitrogen and oxygen atoms in total. The minimum Gasteiger partial charge on any atom is -0.479 e. The summed E-state index contributed by atoms with van der Waals surface area (Å²) >= 11 is 0. The Morgan fingerprint density at radius 3 is 2.62 bits per heavy atom. The molecule has 1 saturated carbocycles. The van der Waals surface area contributed by atoms with Crippen molar-refractivity contribution >= 4 is 14.1 Å². The predicted octanol–water partition coefficient (Wildman–Crippen LogP) is 6.23. The van der Waals surface area contributed by atoms with Crippen LogP contribution in [0.3, 0.4) is 0 Å². The number of hydrogen-bond acceptors (Lipinski definition) is 7. The normalized spacial score (nSPS) is 17.0. The first kappa shape index (κ1) is 28.5. The molecule has 3 aromatic heterocycles. The average Bonchev–Trinajstić information content (AvgIpc) is 3.57. The van der Waals surface area contributed by atoms with E-state index in [1.54, 1.807) is 24.1 Å². The van der Waals surface area contributed by atoms with E-state index in [2.05, 4.69) is 43.5 Å². The highest BCUT2D eigenvalue weighted by Crippen LogP contribution is 2.42. The Hall–Kier alpha value is -3.57. The van der Waals surface area contributed by atoms with Crippen molar-refractivity contribution in [2.45, 2.75) is 77.7 Å². The molecule has 1 aromatic carbocycles. The molecule has 42 heavy (non-hydrogen) atoms. The minimum absolute atomic E-state index is 0.0179. The summed E-state index contributed by atoms with van der Waals surface area (Å²) in [5.41, 5.74) is 13.1. The fourth-order valence-electron chi connectivity index (χ4n) is 5.31. The number of halogens is 1. The highest BCUT2D eigenvalue weighted by molar-refractivity contribution is 6.74. The van der Waals surface area contributed by atoms with Gasteiger partial charge >= 0.3 is 0 Å². The van der Waals surface area contributed by atoms with Gasteiger partial charge in [0.25, 0.3) is 0 Å². The van der Waals surface area contributed by atoms with E-state index in [9.17, 15) is 4.39 Å². The number of aromatic nitrogens is 6. The number of anilines is 1. The molecule has 4 aromatic rings. The molecular weight excluding hydrogens is 549 g/mol. The van der Waals surface area contributed by atoms with Crippen LogP contribution in [0.1, 0.15) is 62.2 Å². The van der Waals surface area contributed by atoms with Crippen molar-refractivity contribution < 1.29 is 13.6 Å². The quantitative estimate of drug-likeness (QED) is 0.275. The Bertz CT molecular complexity index is 1650.